The van der Waals surface area contributed by atoms with Crippen molar-refractivity contribution in [1.29, 1.82) is 0 Å². The fourth-order valence-corrected chi connectivity index (χ4v) is 1.86. The molecule has 0 saturated carbocycles. The summed E-state index contributed by atoms with van der Waals surface area (Å²) in [5, 5.41) is 0. The van der Waals surface area contributed by atoms with Crippen molar-refractivity contribution >= 4 is 5.71 Å². The minimum atomic E-state index is 0.588. The standard InChI is InChI=1S/C10H14N2/c1-7-6-11-8(2)10-9(7)4-5-12(10)3/h4-5,7H,6H2,1-3H3. The predicted octanol–water partition coefficient (Wildman–Crippen LogP) is 1.95. The largest absolute Gasteiger partial charge is 0.349 e. The third-order valence-electron chi connectivity index (χ3n) is 2.58. The molecular formula is C10H14N2. The fraction of sp³-hybridized carbons (Fsp3) is 0.500. The molecule has 0 bridgehead atoms. The average Bonchev–Trinajstić information content (AvgIpc) is 2.42. The van der Waals surface area contributed by atoms with E-state index in [1.165, 1.54) is 17.0 Å². The summed E-state index contributed by atoms with van der Waals surface area (Å²) >= 11 is 0. The van der Waals surface area contributed by atoms with Gasteiger partial charge in [-0.3, -0.25) is 4.99 Å². The van der Waals surface area contributed by atoms with Crippen LogP contribution in [0.3, 0.4) is 0 Å². The first kappa shape index (κ1) is 7.59. The van der Waals surface area contributed by atoms with E-state index in [1.54, 1.807) is 0 Å². The van der Waals surface area contributed by atoms with Gasteiger partial charge in [-0.15, -0.1) is 0 Å². The van der Waals surface area contributed by atoms with Gasteiger partial charge < -0.3 is 4.57 Å². The first-order chi connectivity index (χ1) is 5.70. The van der Waals surface area contributed by atoms with Crippen LogP contribution >= 0.6 is 0 Å². The third-order valence-corrected chi connectivity index (χ3v) is 2.58. The molecule has 1 aromatic rings. The summed E-state index contributed by atoms with van der Waals surface area (Å²) in [6.45, 7) is 5.27. The molecule has 0 amide bonds. The van der Waals surface area contributed by atoms with E-state index in [1.807, 2.05) is 0 Å². The maximum atomic E-state index is 4.48. The highest BCUT2D eigenvalue weighted by molar-refractivity contribution is 5.99. The van der Waals surface area contributed by atoms with Crippen molar-refractivity contribution < 1.29 is 0 Å². The molecule has 1 aliphatic rings. The van der Waals surface area contributed by atoms with Crippen LogP contribution in [-0.4, -0.2) is 16.8 Å². The lowest BCUT2D eigenvalue weighted by atomic mass is 9.97. The van der Waals surface area contributed by atoms with Crippen molar-refractivity contribution in [2.75, 3.05) is 6.54 Å². The molecular weight excluding hydrogens is 148 g/mol. The summed E-state index contributed by atoms with van der Waals surface area (Å²) in [6, 6.07) is 2.21. The first-order valence-corrected chi connectivity index (χ1v) is 4.37. The molecule has 2 nitrogen and oxygen atoms in total. The Kier molecular flexibility index (Phi) is 1.56. The van der Waals surface area contributed by atoms with Gasteiger partial charge in [0.25, 0.3) is 0 Å². The van der Waals surface area contributed by atoms with Gasteiger partial charge >= 0.3 is 0 Å². The number of fused-ring (bicyclic) bond motifs is 1. The Morgan fingerprint density at radius 2 is 2.33 bits per heavy atom. The summed E-state index contributed by atoms with van der Waals surface area (Å²) in [4.78, 5) is 4.48. The third kappa shape index (κ3) is 0.909. The Hall–Kier alpha value is -1.05. The molecule has 0 N–H and O–H groups in total. The van der Waals surface area contributed by atoms with Gasteiger partial charge in [-0.1, -0.05) is 6.92 Å². The zero-order chi connectivity index (χ0) is 8.72. The van der Waals surface area contributed by atoms with E-state index in [-0.39, 0.29) is 0 Å². The monoisotopic (exact) mass is 162 g/mol. The van der Waals surface area contributed by atoms with Gasteiger partial charge in [0, 0.05) is 25.7 Å². The highest BCUT2D eigenvalue weighted by Gasteiger charge is 2.19. The van der Waals surface area contributed by atoms with E-state index in [9.17, 15) is 0 Å². The Bertz CT molecular complexity index is 334. The molecule has 0 fully saturated rings. The smallest absolute Gasteiger partial charge is 0.0651 e. The predicted molar refractivity (Wildman–Crippen MR) is 50.9 cm³/mol. The number of aliphatic imine (C=N–C) groups is 1. The van der Waals surface area contributed by atoms with Gasteiger partial charge in [-0.05, 0) is 18.6 Å². The summed E-state index contributed by atoms with van der Waals surface area (Å²) in [7, 11) is 2.08. The lowest BCUT2D eigenvalue weighted by molar-refractivity contribution is 0.747. The second kappa shape index (κ2) is 2.47. The maximum absolute atomic E-state index is 4.48. The van der Waals surface area contributed by atoms with E-state index in [0.717, 1.165) is 6.54 Å². The zero-order valence-electron chi connectivity index (χ0n) is 7.83. The van der Waals surface area contributed by atoms with Crippen molar-refractivity contribution in [2.45, 2.75) is 19.8 Å². The van der Waals surface area contributed by atoms with Crippen LogP contribution in [0, 0.1) is 0 Å². The summed E-state index contributed by atoms with van der Waals surface area (Å²) in [5.41, 5.74) is 3.94. The molecule has 12 heavy (non-hydrogen) atoms. The zero-order valence-corrected chi connectivity index (χ0v) is 7.83. The van der Waals surface area contributed by atoms with Crippen LogP contribution in [0.15, 0.2) is 17.3 Å². The first-order valence-electron chi connectivity index (χ1n) is 4.37. The SMILES string of the molecule is CC1=NCC(C)c2ccn(C)c21. The molecule has 64 valence electrons. The van der Waals surface area contributed by atoms with E-state index in [0.29, 0.717) is 5.92 Å². The van der Waals surface area contributed by atoms with E-state index in [4.69, 9.17) is 0 Å². The minimum absolute atomic E-state index is 0.588. The van der Waals surface area contributed by atoms with Gasteiger partial charge in [0.2, 0.25) is 0 Å². The highest BCUT2D eigenvalue weighted by atomic mass is 15.0. The minimum Gasteiger partial charge on any atom is -0.349 e. The lowest BCUT2D eigenvalue weighted by Crippen LogP contribution is -2.15. The van der Waals surface area contributed by atoms with Crippen molar-refractivity contribution in [3.63, 3.8) is 0 Å². The van der Waals surface area contributed by atoms with Crippen LogP contribution in [0.25, 0.3) is 0 Å². The normalized spacial score (nSPS) is 21.9. The second-order valence-electron chi connectivity index (χ2n) is 3.56. The number of aryl methyl sites for hydroxylation is 1. The molecule has 1 atom stereocenters. The summed E-state index contributed by atoms with van der Waals surface area (Å²) < 4.78 is 2.16. The van der Waals surface area contributed by atoms with Crippen LogP contribution in [0.2, 0.25) is 0 Å². The molecule has 2 rings (SSSR count). The second-order valence-corrected chi connectivity index (χ2v) is 3.56. The van der Waals surface area contributed by atoms with Crippen molar-refractivity contribution in [1.82, 2.24) is 4.57 Å². The molecule has 2 heterocycles. The summed E-state index contributed by atoms with van der Waals surface area (Å²) in [5.74, 6) is 0.588. The molecule has 1 unspecified atom stereocenters. The Labute approximate surface area is 72.9 Å². The molecule has 0 saturated heterocycles. The molecule has 0 aliphatic carbocycles. The Morgan fingerprint density at radius 1 is 1.58 bits per heavy atom. The molecule has 0 spiro atoms. The van der Waals surface area contributed by atoms with Crippen LogP contribution in [-0.2, 0) is 7.05 Å². The van der Waals surface area contributed by atoms with Gasteiger partial charge in [-0.2, -0.15) is 0 Å². The van der Waals surface area contributed by atoms with Crippen molar-refractivity contribution in [3.8, 4) is 0 Å². The quantitative estimate of drug-likeness (QED) is 0.555. The van der Waals surface area contributed by atoms with Crippen molar-refractivity contribution in [2.24, 2.45) is 12.0 Å². The number of hydrogen-bond acceptors (Lipinski definition) is 1. The highest BCUT2D eigenvalue weighted by Crippen LogP contribution is 2.25. The number of nitrogens with zero attached hydrogens (tertiary/aromatic N) is 2. The number of rotatable bonds is 0. The van der Waals surface area contributed by atoms with Crippen LogP contribution in [0.4, 0.5) is 0 Å². The number of hydrogen-bond donors (Lipinski definition) is 0. The topological polar surface area (TPSA) is 17.3 Å². The average molecular weight is 162 g/mol. The van der Waals surface area contributed by atoms with Crippen LogP contribution < -0.4 is 0 Å². The molecule has 1 aromatic heterocycles. The number of aromatic nitrogens is 1. The Morgan fingerprint density at radius 3 is 3.00 bits per heavy atom. The van der Waals surface area contributed by atoms with Gasteiger partial charge in [0.05, 0.1) is 11.4 Å². The van der Waals surface area contributed by atoms with Crippen LogP contribution in [0.5, 0.6) is 0 Å². The Balaban J connectivity index is 2.61. The molecule has 0 aromatic carbocycles. The van der Waals surface area contributed by atoms with Gasteiger partial charge in [0.15, 0.2) is 0 Å². The summed E-state index contributed by atoms with van der Waals surface area (Å²) in [6.07, 6.45) is 2.12. The van der Waals surface area contributed by atoms with Crippen LogP contribution in [0.1, 0.15) is 31.0 Å². The molecule has 1 aliphatic heterocycles. The van der Waals surface area contributed by atoms with E-state index in [2.05, 4.69) is 42.7 Å². The molecule has 0 radical (unpaired) electrons. The van der Waals surface area contributed by atoms with E-state index >= 15 is 0 Å². The lowest BCUT2D eigenvalue weighted by Gasteiger charge is -2.17. The van der Waals surface area contributed by atoms with Gasteiger partial charge in [0.1, 0.15) is 0 Å². The maximum Gasteiger partial charge on any atom is 0.0651 e. The van der Waals surface area contributed by atoms with E-state index < -0.39 is 0 Å². The van der Waals surface area contributed by atoms with Gasteiger partial charge in [-0.25, -0.2) is 0 Å². The fourth-order valence-electron chi connectivity index (χ4n) is 1.86. The van der Waals surface area contributed by atoms with Crippen molar-refractivity contribution in [3.05, 3.63) is 23.5 Å². The molecule has 2 heteroatoms.